The minimum Gasteiger partial charge on any atom is -0.477 e. The fourth-order valence-electron chi connectivity index (χ4n) is 5.76. The topological polar surface area (TPSA) is 196 Å². The van der Waals surface area contributed by atoms with Crippen molar-refractivity contribution in [1.82, 2.24) is 19.9 Å². The molecular formula is C49H52N4O9. The summed E-state index contributed by atoms with van der Waals surface area (Å²) in [5.41, 5.74) is 7.44. The van der Waals surface area contributed by atoms with Crippen LogP contribution in [0.5, 0.6) is 0 Å². The summed E-state index contributed by atoms with van der Waals surface area (Å²) in [6, 6.07) is 43.6. The highest BCUT2D eigenvalue weighted by Gasteiger charge is 2.14. The second-order valence-electron chi connectivity index (χ2n) is 13.4. The van der Waals surface area contributed by atoms with Gasteiger partial charge in [-0.3, -0.25) is 4.79 Å². The number of benzene rings is 3. The average Bonchev–Trinajstić information content (AvgIpc) is 4.14. The van der Waals surface area contributed by atoms with E-state index in [9.17, 15) is 24.0 Å². The standard InChI is InChI=1S/C16H17NO3.C14H15NO2.C12H11NO2.C7H9NO2/c1-2-20-16(19)14-10-9-13(17-14)15(18)11-8-12-6-4-3-5-7-12;1-2-17-14(16)13-9-8-12(15-13)10-11-6-4-3-5-7-11;14-12(15)11-7-6-10(13-11)8-9-4-2-1-3-5-9;1-2-10-7(9)6-4-3-5-8-6/h3-7,9-10,17H,2,8,11H2,1H3;3-9,15H,2,10H2,1H3;1-7,13H,8H2,(H,14,15);3-5,8H,2H2,1H3. The molecule has 5 N–H and O–H groups in total. The molecule has 0 aliphatic rings. The van der Waals surface area contributed by atoms with E-state index >= 15 is 0 Å². The van der Waals surface area contributed by atoms with Crippen molar-refractivity contribution in [2.75, 3.05) is 19.8 Å². The highest BCUT2D eigenvalue weighted by Crippen LogP contribution is 2.12. The predicted molar refractivity (Wildman–Crippen MR) is 236 cm³/mol. The number of carbonyl (C=O) groups excluding carboxylic acids is 4. The van der Waals surface area contributed by atoms with E-state index in [0.29, 0.717) is 55.4 Å². The highest BCUT2D eigenvalue weighted by molar-refractivity contribution is 5.97. The molecule has 0 atom stereocenters. The van der Waals surface area contributed by atoms with Gasteiger partial charge in [-0.05, 0) is 92.4 Å². The smallest absolute Gasteiger partial charge is 0.354 e. The number of ketones is 1. The number of aromatic carboxylic acids is 1. The van der Waals surface area contributed by atoms with Crippen LogP contribution in [-0.4, -0.2) is 74.5 Å². The number of aryl methyl sites for hydroxylation is 1. The number of rotatable bonds is 15. The molecule has 4 heterocycles. The molecule has 0 aliphatic carbocycles. The maximum Gasteiger partial charge on any atom is 0.354 e. The number of hydrogen-bond donors (Lipinski definition) is 5. The van der Waals surface area contributed by atoms with E-state index in [0.717, 1.165) is 35.4 Å². The molecule has 7 rings (SSSR count). The van der Waals surface area contributed by atoms with Crippen LogP contribution in [0, 0.1) is 0 Å². The number of hydrogen-bond acceptors (Lipinski definition) is 8. The quantitative estimate of drug-likeness (QED) is 0.0380. The van der Waals surface area contributed by atoms with Crippen molar-refractivity contribution in [3.05, 3.63) is 202 Å². The van der Waals surface area contributed by atoms with Crippen LogP contribution in [0.25, 0.3) is 0 Å². The number of Topliss-reactive ketones (excluding diaryl/α,β-unsaturated/α-hetero) is 1. The van der Waals surface area contributed by atoms with Crippen LogP contribution in [0.4, 0.5) is 0 Å². The molecule has 0 saturated carbocycles. The Morgan fingerprint density at radius 2 is 0.871 bits per heavy atom. The largest absolute Gasteiger partial charge is 0.477 e. The molecule has 13 nitrogen and oxygen atoms in total. The first-order valence-electron chi connectivity index (χ1n) is 20.2. The van der Waals surface area contributed by atoms with E-state index in [-0.39, 0.29) is 23.4 Å². The summed E-state index contributed by atoms with van der Waals surface area (Å²) < 4.78 is 14.5. The van der Waals surface area contributed by atoms with Crippen molar-refractivity contribution in [2.45, 2.75) is 46.5 Å². The molecule has 0 bridgehead atoms. The number of H-pyrrole nitrogens is 4. The first kappa shape index (κ1) is 47.0. The molecule has 0 unspecified atom stereocenters. The number of ether oxygens (including phenoxy) is 3. The van der Waals surface area contributed by atoms with Crippen LogP contribution in [0.3, 0.4) is 0 Å². The molecule has 62 heavy (non-hydrogen) atoms. The zero-order chi connectivity index (χ0) is 44.5. The molecular weight excluding hydrogens is 789 g/mol. The van der Waals surface area contributed by atoms with Gasteiger partial charge in [0.15, 0.2) is 5.78 Å². The lowest BCUT2D eigenvalue weighted by Crippen LogP contribution is -2.07. The predicted octanol–water partition coefficient (Wildman–Crippen LogP) is 9.28. The number of carboxylic acid groups (broad SMARTS) is 1. The van der Waals surface area contributed by atoms with Gasteiger partial charge in [-0.2, -0.15) is 0 Å². The third-order valence-electron chi connectivity index (χ3n) is 8.75. The molecule has 3 aromatic carbocycles. The number of carbonyl (C=O) groups is 5. The van der Waals surface area contributed by atoms with E-state index in [1.807, 2.05) is 84.9 Å². The second kappa shape index (κ2) is 25.7. The lowest BCUT2D eigenvalue weighted by molar-refractivity contribution is 0.0510. The van der Waals surface area contributed by atoms with Gasteiger partial charge >= 0.3 is 23.9 Å². The Morgan fingerprint density at radius 1 is 0.452 bits per heavy atom. The Kier molecular flexibility index (Phi) is 19.5. The maximum atomic E-state index is 12.0. The van der Waals surface area contributed by atoms with Gasteiger partial charge in [-0.25, -0.2) is 19.2 Å². The third-order valence-corrected chi connectivity index (χ3v) is 8.75. The molecule has 0 fully saturated rings. The monoisotopic (exact) mass is 840 g/mol. The normalized spacial score (nSPS) is 10.0. The summed E-state index contributed by atoms with van der Waals surface area (Å²) in [6.07, 6.45) is 4.31. The van der Waals surface area contributed by atoms with Crippen molar-refractivity contribution in [1.29, 1.82) is 0 Å². The van der Waals surface area contributed by atoms with Gasteiger partial charge in [-0.15, -0.1) is 0 Å². The zero-order valence-electron chi connectivity index (χ0n) is 35.0. The van der Waals surface area contributed by atoms with Gasteiger partial charge < -0.3 is 39.3 Å². The Labute approximate surface area is 360 Å². The van der Waals surface area contributed by atoms with Gasteiger partial charge in [0, 0.05) is 36.8 Å². The van der Waals surface area contributed by atoms with Crippen molar-refractivity contribution >= 4 is 29.7 Å². The van der Waals surface area contributed by atoms with Crippen molar-refractivity contribution in [3.63, 3.8) is 0 Å². The SMILES string of the molecule is CCOC(=O)c1ccc(C(=O)CCc2ccccc2)[nH]1.CCOC(=O)c1ccc(Cc2ccccc2)[nH]1.CCOC(=O)c1ccc[nH]1.O=C(O)c1ccc(Cc2ccccc2)[nH]1. The van der Waals surface area contributed by atoms with Crippen LogP contribution in [0.1, 0.15) is 108 Å². The summed E-state index contributed by atoms with van der Waals surface area (Å²) in [5.74, 6) is -1.97. The summed E-state index contributed by atoms with van der Waals surface area (Å²) >= 11 is 0. The van der Waals surface area contributed by atoms with Gasteiger partial charge in [0.05, 0.1) is 25.5 Å². The van der Waals surface area contributed by atoms with E-state index in [1.54, 1.807) is 69.4 Å². The Morgan fingerprint density at radius 3 is 1.32 bits per heavy atom. The Bertz CT molecular complexity index is 2400. The third kappa shape index (κ3) is 16.2. The Hall–Kier alpha value is -7.67. The molecule has 0 spiro atoms. The van der Waals surface area contributed by atoms with E-state index in [1.165, 1.54) is 5.56 Å². The van der Waals surface area contributed by atoms with Crippen molar-refractivity contribution in [3.8, 4) is 0 Å². The fourth-order valence-corrected chi connectivity index (χ4v) is 5.76. The molecule has 0 saturated heterocycles. The first-order valence-corrected chi connectivity index (χ1v) is 20.2. The number of carboxylic acids is 1. The highest BCUT2D eigenvalue weighted by atomic mass is 16.5. The fraction of sp³-hybridized carbons (Fsp3) is 0.204. The van der Waals surface area contributed by atoms with Crippen molar-refractivity contribution in [2.24, 2.45) is 0 Å². The lowest BCUT2D eigenvalue weighted by atomic mass is 10.1. The van der Waals surface area contributed by atoms with Gasteiger partial charge in [0.25, 0.3) is 0 Å². The molecule has 4 aromatic heterocycles. The molecule has 0 amide bonds. The van der Waals surface area contributed by atoms with E-state index < -0.39 is 11.9 Å². The van der Waals surface area contributed by atoms with Crippen LogP contribution in [0.2, 0.25) is 0 Å². The van der Waals surface area contributed by atoms with E-state index in [2.05, 4.69) is 32.1 Å². The van der Waals surface area contributed by atoms with Crippen molar-refractivity contribution < 1.29 is 43.3 Å². The number of nitrogens with one attached hydrogen (secondary N) is 4. The zero-order valence-corrected chi connectivity index (χ0v) is 35.0. The number of aromatic amines is 4. The van der Waals surface area contributed by atoms with Crippen LogP contribution >= 0.6 is 0 Å². The number of aromatic nitrogens is 4. The lowest BCUT2D eigenvalue weighted by Gasteiger charge is -2.00. The van der Waals surface area contributed by atoms with Gasteiger partial charge in [-0.1, -0.05) is 91.0 Å². The van der Waals surface area contributed by atoms with Crippen LogP contribution in [-0.2, 0) is 33.5 Å². The second-order valence-corrected chi connectivity index (χ2v) is 13.4. The summed E-state index contributed by atoms with van der Waals surface area (Å²) in [7, 11) is 0. The number of esters is 3. The summed E-state index contributed by atoms with van der Waals surface area (Å²) in [5, 5.41) is 8.73. The molecule has 13 heteroatoms. The maximum absolute atomic E-state index is 12.0. The summed E-state index contributed by atoms with van der Waals surface area (Å²) in [6.45, 7) is 6.44. The minimum absolute atomic E-state index is 0.00981. The molecule has 0 radical (unpaired) electrons. The molecule has 322 valence electrons. The minimum atomic E-state index is -0.922. The first-order chi connectivity index (χ1) is 30.1. The average molecular weight is 841 g/mol. The van der Waals surface area contributed by atoms with Crippen LogP contribution < -0.4 is 0 Å². The molecule has 7 aromatic rings. The van der Waals surface area contributed by atoms with Gasteiger partial charge in [0.1, 0.15) is 22.8 Å². The van der Waals surface area contributed by atoms with E-state index in [4.69, 9.17) is 19.3 Å². The Balaban J connectivity index is 0.000000186. The van der Waals surface area contributed by atoms with Gasteiger partial charge in [0.2, 0.25) is 0 Å². The van der Waals surface area contributed by atoms with Crippen LogP contribution in [0.15, 0.2) is 146 Å². The molecule has 0 aliphatic heterocycles. The summed E-state index contributed by atoms with van der Waals surface area (Å²) in [4.78, 5) is 68.0.